The van der Waals surface area contributed by atoms with Gasteiger partial charge in [-0.2, -0.15) is 0 Å². The molecule has 0 atom stereocenters. The quantitative estimate of drug-likeness (QED) is 0.532. The number of aromatic nitrogens is 1. The van der Waals surface area contributed by atoms with Crippen LogP contribution in [-0.2, 0) is 14.3 Å². The van der Waals surface area contributed by atoms with E-state index in [0.717, 1.165) is 34.0 Å². The zero-order chi connectivity index (χ0) is 20.8. The number of aryl methyl sites for hydroxylation is 3. The lowest BCUT2D eigenvalue weighted by Crippen LogP contribution is -2.19. The van der Waals surface area contributed by atoms with Crippen molar-refractivity contribution in [1.29, 1.82) is 0 Å². The molecule has 0 aliphatic rings. The van der Waals surface area contributed by atoms with Crippen LogP contribution in [0.15, 0.2) is 16.7 Å². The molecule has 1 amide bonds. The molecule has 0 saturated carbocycles. The summed E-state index contributed by atoms with van der Waals surface area (Å²) in [6.45, 7) is 9.09. The highest BCUT2D eigenvalue weighted by atomic mass is 32.2. The maximum atomic E-state index is 12.5. The molecule has 1 heterocycles. The maximum absolute atomic E-state index is 12.5. The molecule has 0 aliphatic carbocycles. The highest BCUT2D eigenvalue weighted by molar-refractivity contribution is 8.00. The van der Waals surface area contributed by atoms with E-state index in [2.05, 4.69) is 10.5 Å². The van der Waals surface area contributed by atoms with Gasteiger partial charge in [0, 0.05) is 11.6 Å². The number of ether oxygens (including phenoxy) is 1. The highest BCUT2D eigenvalue weighted by Crippen LogP contribution is 2.22. The summed E-state index contributed by atoms with van der Waals surface area (Å²) in [6, 6.07) is 3.63. The number of hydrogen-bond donors (Lipinski definition) is 1. The second kappa shape index (κ2) is 9.54. The number of Topliss-reactive ketones (excluding diaryl/α,β-unsaturated/α-hetero) is 1. The Labute approximate surface area is 168 Å². The molecule has 2 aromatic rings. The number of esters is 1. The predicted molar refractivity (Wildman–Crippen MR) is 108 cm³/mol. The summed E-state index contributed by atoms with van der Waals surface area (Å²) >= 11 is 1.10. The van der Waals surface area contributed by atoms with Crippen molar-refractivity contribution >= 4 is 35.2 Å². The molecule has 0 radical (unpaired) electrons. The fourth-order valence-electron chi connectivity index (χ4n) is 2.73. The topological polar surface area (TPSA) is 98.5 Å². The third-order valence-corrected chi connectivity index (χ3v) is 5.26. The number of nitrogens with zero attached hydrogens (tertiary/aromatic N) is 1. The average molecular weight is 404 g/mol. The fourth-order valence-corrected chi connectivity index (χ4v) is 3.34. The summed E-state index contributed by atoms with van der Waals surface area (Å²) < 4.78 is 9.94. The molecule has 0 saturated heterocycles. The van der Waals surface area contributed by atoms with E-state index in [0.29, 0.717) is 17.1 Å². The zero-order valence-corrected chi connectivity index (χ0v) is 17.5. The first-order valence-corrected chi connectivity index (χ1v) is 9.91. The Balaban J connectivity index is 1.78. The van der Waals surface area contributed by atoms with E-state index in [1.54, 1.807) is 13.0 Å². The molecule has 2 rings (SSSR count). The number of benzene rings is 1. The summed E-state index contributed by atoms with van der Waals surface area (Å²) in [4.78, 5) is 36.2. The fraction of sp³-hybridized carbons (Fsp3) is 0.400. The van der Waals surface area contributed by atoms with Crippen LogP contribution in [0.5, 0.6) is 0 Å². The van der Waals surface area contributed by atoms with Gasteiger partial charge in [-0.15, -0.1) is 11.8 Å². The van der Waals surface area contributed by atoms with E-state index in [4.69, 9.17) is 9.26 Å². The third-order valence-electron chi connectivity index (χ3n) is 4.36. The number of anilines is 1. The first-order valence-electron chi connectivity index (χ1n) is 8.76. The van der Waals surface area contributed by atoms with Gasteiger partial charge in [-0.3, -0.25) is 14.4 Å². The molecule has 7 nitrogen and oxygen atoms in total. The summed E-state index contributed by atoms with van der Waals surface area (Å²) in [7, 11) is 0. The Morgan fingerprint density at radius 2 is 1.68 bits per heavy atom. The van der Waals surface area contributed by atoms with Crippen LogP contribution < -0.4 is 5.32 Å². The van der Waals surface area contributed by atoms with Crippen molar-refractivity contribution in [2.24, 2.45) is 0 Å². The summed E-state index contributed by atoms with van der Waals surface area (Å²) in [5, 5.41) is 6.22. The molecule has 0 spiro atoms. The van der Waals surface area contributed by atoms with Gasteiger partial charge in [0.25, 0.3) is 0 Å². The van der Waals surface area contributed by atoms with Crippen molar-refractivity contribution in [3.8, 4) is 0 Å². The minimum absolute atomic E-state index is 0.0245. The minimum atomic E-state index is -0.539. The minimum Gasteiger partial charge on any atom is -0.457 e. The van der Waals surface area contributed by atoms with Crippen LogP contribution in [-0.4, -0.2) is 40.9 Å². The standard InChI is InChI=1S/C20H24N2O5S/c1-11-6-12(2)15(5)20(14(11)4)16(23)8-26-19(25)10-28-9-18(24)21-17-7-13(3)27-22-17/h6-7H,8-10H2,1-5H3,(H,21,22,24). The Hall–Kier alpha value is -2.61. The average Bonchev–Trinajstić information content (AvgIpc) is 3.03. The van der Waals surface area contributed by atoms with E-state index in [-0.39, 0.29) is 29.8 Å². The largest absolute Gasteiger partial charge is 0.457 e. The van der Waals surface area contributed by atoms with Crippen LogP contribution >= 0.6 is 11.8 Å². The van der Waals surface area contributed by atoms with E-state index in [9.17, 15) is 14.4 Å². The normalized spacial score (nSPS) is 10.6. The van der Waals surface area contributed by atoms with Crippen LogP contribution in [0, 0.1) is 34.6 Å². The van der Waals surface area contributed by atoms with Gasteiger partial charge in [-0.05, 0) is 56.9 Å². The van der Waals surface area contributed by atoms with Crippen molar-refractivity contribution < 1.29 is 23.6 Å². The molecule has 0 bridgehead atoms. The van der Waals surface area contributed by atoms with Gasteiger partial charge in [0.05, 0.1) is 11.5 Å². The third kappa shape index (κ3) is 5.69. The van der Waals surface area contributed by atoms with Gasteiger partial charge < -0.3 is 14.6 Å². The lowest BCUT2D eigenvalue weighted by molar-refractivity contribution is -0.139. The number of carbonyl (C=O) groups excluding carboxylic acids is 3. The molecular formula is C20H24N2O5S. The zero-order valence-electron chi connectivity index (χ0n) is 16.7. The van der Waals surface area contributed by atoms with E-state index >= 15 is 0 Å². The van der Waals surface area contributed by atoms with Crippen LogP contribution in [0.25, 0.3) is 0 Å². The smallest absolute Gasteiger partial charge is 0.316 e. The van der Waals surface area contributed by atoms with Crippen LogP contribution in [0.2, 0.25) is 0 Å². The number of rotatable bonds is 8. The number of ketones is 1. The Kier molecular flexibility index (Phi) is 7.39. The Morgan fingerprint density at radius 1 is 1.04 bits per heavy atom. The lowest BCUT2D eigenvalue weighted by Gasteiger charge is -2.14. The molecule has 8 heteroatoms. The number of nitrogens with one attached hydrogen (secondary N) is 1. The van der Waals surface area contributed by atoms with Gasteiger partial charge in [-0.1, -0.05) is 11.2 Å². The summed E-state index contributed by atoms with van der Waals surface area (Å²) in [5.74, 6) is -0.111. The number of thioether (sulfide) groups is 1. The van der Waals surface area contributed by atoms with Crippen molar-refractivity contribution in [2.45, 2.75) is 34.6 Å². The number of carbonyl (C=O) groups is 3. The second-order valence-corrected chi connectivity index (χ2v) is 7.57. The van der Waals surface area contributed by atoms with Crippen molar-refractivity contribution in [2.75, 3.05) is 23.4 Å². The van der Waals surface area contributed by atoms with Crippen LogP contribution in [0.1, 0.15) is 38.4 Å². The van der Waals surface area contributed by atoms with Crippen LogP contribution in [0.3, 0.4) is 0 Å². The van der Waals surface area contributed by atoms with E-state index in [1.165, 1.54) is 0 Å². The van der Waals surface area contributed by atoms with Gasteiger partial charge in [0.1, 0.15) is 5.76 Å². The molecule has 1 aromatic heterocycles. The number of hydrogen-bond acceptors (Lipinski definition) is 7. The SMILES string of the molecule is Cc1cc(NC(=O)CSCC(=O)OCC(=O)c2c(C)c(C)cc(C)c2C)no1. The van der Waals surface area contributed by atoms with Crippen molar-refractivity contribution in [3.05, 3.63) is 45.7 Å². The molecule has 1 aromatic carbocycles. The van der Waals surface area contributed by atoms with Gasteiger partial charge >= 0.3 is 5.97 Å². The van der Waals surface area contributed by atoms with Crippen molar-refractivity contribution in [1.82, 2.24) is 5.16 Å². The molecule has 150 valence electrons. The predicted octanol–water partition coefficient (Wildman–Crippen LogP) is 3.31. The molecule has 28 heavy (non-hydrogen) atoms. The molecule has 0 aliphatic heterocycles. The maximum Gasteiger partial charge on any atom is 0.316 e. The Morgan fingerprint density at radius 3 is 2.25 bits per heavy atom. The summed E-state index contributed by atoms with van der Waals surface area (Å²) in [5.41, 5.74) is 4.47. The molecule has 1 N–H and O–H groups in total. The lowest BCUT2D eigenvalue weighted by atomic mass is 9.92. The summed E-state index contributed by atoms with van der Waals surface area (Å²) in [6.07, 6.45) is 0. The van der Waals surface area contributed by atoms with Crippen molar-refractivity contribution in [3.63, 3.8) is 0 Å². The first-order chi connectivity index (χ1) is 13.2. The second-order valence-electron chi connectivity index (χ2n) is 6.58. The van der Waals surface area contributed by atoms with Crippen LogP contribution in [0.4, 0.5) is 5.82 Å². The van der Waals surface area contributed by atoms with E-state index < -0.39 is 5.97 Å². The highest BCUT2D eigenvalue weighted by Gasteiger charge is 2.17. The molecule has 0 unspecified atom stereocenters. The van der Waals surface area contributed by atoms with Gasteiger partial charge in [-0.25, -0.2) is 0 Å². The van der Waals surface area contributed by atoms with E-state index in [1.807, 2.05) is 33.8 Å². The number of amides is 1. The monoisotopic (exact) mass is 404 g/mol. The van der Waals surface area contributed by atoms with Gasteiger partial charge in [0.2, 0.25) is 11.7 Å². The molecule has 0 fully saturated rings. The van der Waals surface area contributed by atoms with Gasteiger partial charge in [0.15, 0.2) is 12.4 Å². The first kappa shape index (κ1) is 21.7. The molecular weight excluding hydrogens is 380 g/mol. The Bertz CT molecular complexity index is 878.